The van der Waals surface area contributed by atoms with Gasteiger partial charge in [-0.15, -0.1) is 0 Å². The van der Waals surface area contributed by atoms with Gasteiger partial charge in [-0.3, -0.25) is 4.55 Å². The quantitative estimate of drug-likeness (QED) is 0.442. The predicted octanol–water partition coefficient (Wildman–Crippen LogP) is 5.01. The Morgan fingerprint density at radius 3 is 1.62 bits per heavy atom. The van der Waals surface area contributed by atoms with Crippen molar-refractivity contribution < 1.29 is 13.0 Å². The van der Waals surface area contributed by atoms with Gasteiger partial charge in [-0.1, -0.05) is 49.7 Å². The van der Waals surface area contributed by atoms with E-state index in [9.17, 15) is 8.42 Å². The van der Waals surface area contributed by atoms with Crippen molar-refractivity contribution in [2.45, 2.75) is 19.8 Å². The van der Waals surface area contributed by atoms with Crippen LogP contribution in [0.5, 0.6) is 0 Å². The molecule has 0 unspecified atom stereocenters. The van der Waals surface area contributed by atoms with E-state index in [1.165, 1.54) is 21.8 Å². The third-order valence-electron chi connectivity index (χ3n) is 3.68. The van der Waals surface area contributed by atoms with Crippen molar-refractivity contribution in [3.05, 3.63) is 73.1 Å². The number of aromatic amines is 2. The molecule has 138 valence electrons. The summed E-state index contributed by atoms with van der Waals surface area (Å²) in [5, 5.41) is 2.55. The minimum absolute atomic E-state index is 0.108. The largest absolute Gasteiger partial charge is 0.361 e. The molecule has 5 nitrogen and oxygen atoms in total. The van der Waals surface area contributed by atoms with Gasteiger partial charge in [0.25, 0.3) is 10.1 Å². The van der Waals surface area contributed by atoms with Crippen molar-refractivity contribution in [1.82, 2.24) is 9.97 Å². The standard InChI is InChI=1S/2C8H7N.C4H10O3S/c2*1-2-4-8-7(3-1)5-6-9-8;1-2-3-4-8(5,6)7/h2*1-6,9H;2-4H2,1H3,(H,5,6,7). The number of para-hydroxylation sites is 2. The zero-order valence-corrected chi connectivity index (χ0v) is 15.5. The molecule has 0 radical (unpaired) electrons. The number of H-pyrrole nitrogens is 2. The molecular formula is C20H24N2O3S. The zero-order chi connectivity index (χ0) is 18.8. The third kappa shape index (κ3) is 6.74. The predicted molar refractivity (Wildman–Crippen MR) is 108 cm³/mol. The minimum Gasteiger partial charge on any atom is -0.361 e. The van der Waals surface area contributed by atoms with Gasteiger partial charge in [0.15, 0.2) is 0 Å². The Labute approximate surface area is 153 Å². The Kier molecular flexibility index (Phi) is 7.44. The minimum atomic E-state index is -3.69. The normalized spacial score (nSPS) is 10.7. The molecular weight excluding hydrogens is 348 g/mol. The molecule has 0 spiro atoms. The van der Waals surface area contributed by atoms with Gasteiger partial charge in [0, 0.05) is 23.4 Å². The van der Waals surface area contributed by atoms with Crippen LogP contribution in [-0.4, -0.2) is 28.7 Å². The van der Waals surface area contributed by atoms with E-state index in [4.69, 9.17) is 4.55 Å². The first-order valence-electron chi connectivity index (χ1n) is 8.49. The lowest BCUT2D eigenvalue weighted by Gasteiger charge is -1.90. The van der Waals surface area contributed by atoms with E-state index in [-0.39, 0.29) is 5.75 Å². The molecule has 0 aliphatic rings. The second-order valence-corrected chi connectivity index (χ2v) is 7.34. The second-order valence-electron chi connectivity index (χ2n) is 5.77. The van der Waals surface area contributed by atoms with Crippen molar-refractivity contribution >= 4 is 31.9 Å². The smallest absolute Gasteiger partial charge is 0.264 e. The van der Waals surface area contributed by atoms with Crippen molar-refractivity contribution in [2.75, 3.05) is 5.75 Å². The summed E-state index contributed by atoms with van der Waals surface area (Å²) in [6.07, 6.45) is 5.23. The molecule has 0 amide bonds. The highest BCUT2D eigenvalue weighted by Gasteiger charge is 2.00. The fraction of sp³-hybridized carbons (Fsp3) is 0.200. The zero-order valence-electron chi connectivity index (χ0n) is 14.7. The van der Waals surface area contributed by atoms with Crippen LogP contribution in [0, 0.1) is 0 Å². The highest BCUT2D eigenvalue weighted by molar-refractivity contribution is 7.85. The number of aromatic nitrogens is 2. The highest BCUT2D eigenvalue weighted by Crippen LogP contribution is 2.09. The molecule has 6 heteroatoms. The van der Waals surface area contributed by atoms with Gasteiger partial charge in [0.2, 0.25) is 0 Å². The van der Waals surface area contributed by atoms with Crippen LogP contribution in [-0.2, 0) is 10.1 Å². The maximum atomic E-state index is 9.95. The maximum absolute atomic E-state index is 9.95. The fourth-order valence-corrected chi connectivity index (χ4v) is 2.97. The lowest BCUT2D eigenvalue weighted by molar-refractivity contribution is 0.480. The molecule has 26 heavy (non-hydrogen) atoms. The topological polar surface area (TPSA) is 85.9 Å². The number of nitrogens with one attached hydrogen (secondary N) is 2. The number of hydrogen-bond donors (Lipinski definition) is 3. The van der Waals surface area contributed by atoms with Crippen LogP contribution < -0.4 is 0 Å². The molecule has 0 saturated carbocycles. The van der Waals surface area contributed by atoms with Crippen molar-refractivity contribution in [2.24, 2.45) is 0 Å². The highest BCUT2D eigenvalue weighted by atomic mass is 32.2. The molecule has 0 aliphatic carbocycles. The Morgan fingerprint density at radius 1 is 0.808 bits per heavy atom. The third-order valence-corrected chi connectivity index (χ3v) is 4.49. The van der Waals surface area contributed by atoms with Crippen LogP contribution in [0.4, 0.5) is 0 Å². The lowest BCUT2D eigenvalue weighted by Crippen LogP contribution is -2.02. The van der Waals surface area contributed by atoms with E-state index in [1.54, 1.807) is 0 Å². The number of fused-ring (bicyclic) bond motifs is 2. The van der Waals surface area contributed by atoms with E-state index in [0.29, 0.717) is 6.42 Å². The average Bonchev–Trinajstić information content (AvgIpc) is 3.29. The van der Waals surface area contributed by atoms with Gasteiger partial charge in [-0.05, 0) is 41.5 Å². The summed E-state index contributed by atoms with van der Waals surface area (Å²) in [6, 6.07) is 20.6. The van der Waals surface area contributed by atoms with Gasteiger partial charge in [0.1, 0.15) is 0 Å². The van der Waals surface area contributed by atoms with Crippen LogP contribution in [0.2, 0.25) is 0 Å². The van der Waals surface area contributed by atoms with E-state index >= 15 is 0 Å². The summed E-state index contributed by atoms with van der Waals surface area (Å²) in [5.41, 5.74) is 2.41. The van der Waals surface area contributed by atoms with Crippen LogP contribution in [0.1, 0.15) is 19.8 Å². The molecule has 0 fully saturated rings. The van der Waals surface area contributed by atoms with E-state index in [0.717, 1.165) is 6.42 Å². The molecule has 3 N–H and O–H groups in total. The first-order valence-corrected chi connectivity index (χ1v) is 10.1. The molecule has 0 aliphatic heterocycles. The molecule has 0 saturated heterocycles. The van der Waals surface area contributed by atoms with Crippen LogP contribution in [0.15, 0.2) is 73.1 Å². The Hall–Kier alpha value is -2.57. The lowest BCUT2D eigenvalue weighted by atomic mass is 10.3. The molecule has 0 bridgehead atoms. The van der Waals surface area contributed by atoms with Crippen LogP contribution >= 0.6 is 0 Å². The van der Waals surface area contributed by atoms with Crippen molar-refractivity contribution in [3.63, 3.8) is 0 Å². The summed E-state index contributed by atoms with van der Waals surface area (Å²) in [7, 11) is -3.69. The number of hydrogen-bond acceptors (Lipinski definition) is 2. The Bertz CT molecular complexity index is 893. The van der Waals surface area contributed by atoms with E-state index in [1.807, 2.05) is 43.6 Å². The molecule has 2 aromatic carbocycles. The summed E-state index contributed by atoms with van der Waals surface area (Å²) in [5.74, 6) is -0.108. The van der Waals surface area contributed by atoms with Gasteiger partial charge >= 0.3 is 0 Å². The van der Waals surface area contributed by atoms with E-state index < -0.39 is 10.1 Å². The monoisotopic (exact) mass is 372 g/mol. The Balaban J connectivity index is 0.000000141. The summed E-state index contributed by atoms with van der Waals surface area (Å²) < 4.78 is 28.0. The first-order chi connectivity index (χ1) is 12.5. The molecule has 4 aromatic rings. The molecule has 2 heterocycles. The molecule has 4 rings (SSSR count). The van der Waals surface area contributed by atoms with Crippen LogP contribution in [0.3, 0.4) is 0 Å². The maximum Gasteiger partial charge on any atom is 0.264 e. The van der Waals surface area contributed by atoms with Gasteiger partial charge < -0.3 is 9.97 Å². The summed E-state index contributed by atoms with van der Waals surface area (Å²) >= 11 is 0. The molecule has 0 atom stereocenters. The summed E-state index contributed by atoms with van der Waals surface area (Å²) in [6.45, 7) is 1.87. The Morgan fingerprint density at radius 2 is 1.27 bits per heavy atom. The second kappa shape index (κ2) is 9.79. The molecule has 2 aromatic heterocycles. The summed E-state index contributed by atoms with van der Waals surface area (Å²) in [4.78, 5) is 6.24. The number of rotatable bonds is 3. The van der Waals surface area contributed by atoms with Crippen molar-refractivity contribution in [3.8, 4) is 0 Å². The average molecular weight is 372 g/mol. The fourth-order valence-electron chi connectivity index (χ4n) is 2.32. The van der Waals surface area contributed by atoms with E-state index in [2.05, 4.69) is 46.4 Å². The van der Waals surface area contributed by atoms with Gasteiger partial charge in [-0.2, -0.15) is 8.42 Å². The van der Waals surface area contributed by atoms with Gasteiger partial charge in [-0.25, -0.2) is 0 Å². The number of benzene rings is 2. The van der Waals surface area contributed by atoms with Crippen molar-refractivity contribution in [1.29, 1.82) is 0 Å². The van der Waals surface area contributed by atoms with Gasteiger partial charge in [0.05, 0.1) is 5.75 Å². The first kappa shape index (κ1) is 19.8. The van der Waals surface area contributed by atoms with Crippen LogP contribution in [0.25, 0.3) is 21.8 Å². The number of unbranched alkanes of at least 4 members (excludes halogenated alkanes) is 1. The SMILES string of the molecule is CCCCS(=O)(=O)O.c1ccc2[nH]ccc2c1.c1ccc2[nH]ccc2c1.